The highest BCUT2D eigenvalue weighted by Gasteiger charge is 2.82. The van der Waals surface area contributed by atoms with Gasteiger partial charge in [-0.3, -0.25) is 4.79 Å². The van der Waals surface area contributed by atoms with Crippen LogP contribution in [0.25, 0.3) is 0 Å². The molecule has 0 bridgehead atoms. The van der Waals surface area contributed by atoms with Crippen LogP contribution in [0.1, 0.15) is 33.6 Å². The number of alkyl halides is 18. The van der Waals surface area contributed by atoms with E-state index in [0.29, 0.717) is 6.08 Å². The lowest BCUT2D eigenvalue weighted by molar-refractivity contribution is -0.397. The standard InChI is InChI=1S/C24H23F18N3O2/c1-4-45-14(47-12-16(45,2)3)6-5-13(11-43)15(46)44(9-7-17(25,26)19(29,30)21(33,34)23(37,38)39)10-8-18(27,28)20(31,32)22(35,36)24(40,41)42/h5-6H,4,7-10,12H2,1-3H3/b13-5+,14-6-. The van der Waals surface area contributed by atoms with Gasteiger partial charge >= 0.3 is 47.9 Å². The summed E-state index contributed by atoms with van der Waals surface area (Å²) in [4.78, 5) is 13.6. The normalized spacial score (nSPS) is 18.3. The number of likely N-dealkylation sites (N-methyl/N-ethyl adjacent to an activating group) is 1. The quantitative estimate of drug-likeness (QED) is 0.110. The van der Waals surface area contributed by atoms with Gasteiger partial charge in [-0.1, -0.05) is 0 Å². The zero-order valence-corrected chi connectivity index (χ0v) is 23.9. The molecule has 0 N–H and O–H groups in total. The van der Waals surface area contributed by atoms with E-state index in [9.17, 15) is 89.1 Å². The smallest absolute Gasteiger partial charge is 0.460 e. The molecular weight excluding hydrogens is 704 g/mol. The van der Waals surface area contributed by atoms with Gasteiger partial charge in [0.1, 0.15) is 18.2 Å². The van der Waals surface area contributed by atoms with E-state index in [1.54, 1.807) is 20.8 Å². The van der Waals surface area contributed by atoms with Gasteiger partial charge in [0.05, 0.1) is 5.54 Å². The van der Waals surface area contributed by atoms with Gasteiger partial charge in [-0.25, -0.2) is 0 Å². The van der Waals surface area contributed by atoms with Crippen LogP contribution in [-0.4, -0.2) is 95.4 Å². The molecule has 0 aromatic heterocycles. The maximum absolute atomic E-state index is 14.1. The summed E-state index contributed by atoms with van der Waals surface area (Å²) in [6, 6.07) is 1.05. The molecular formula is C24H23F18N3O2. The molecule has 23 heteroatoms. The molecule has 0 atom stereocenters. The first-order valence-corrected chi connectivity index (χ1v) is 12.6. The largest absolute Gasteiger partial charge is 0.477 e. The maximum Gasteiger partial charge on any atom is 0.460 e. The summed E-state index contributed by atoms with van der Waals surface area (Å²) >= 11 is 0. The van der Waals surface area contributed by atoms with Gasteiger partial charge in [0.2, 0.25) is 0 Å². The van der Waals surface area contributed by atoms with E-state index in [-0.39, 0.29) is 19.0 Å². The number of hydrogen-bond donors (Lipinski definition) is 0. The zero-order valence-electron chi connectivity index (χ0n) is 23.9. The van der Waals surface area contributed by atoms with Crippen LogP contribution in [-0.2, 0) is 9.53 Å². The lowest BCUT2D eigenvalue weighted by Crippen LogP contribution is -2.62. The lowest BCUT2D eigenvalue weighted by Gasteiger charge is -2.36. The summed E-state index contributed by atoms with van der Waals surface area (Å²) in [5.74, 6) is -44.8. The number of amides is 1. The predicted octanol–water partition coefficient (Wildman–Crippen LogP) is 7.95. The van der Waals surface area contributed by atoms with Crippen molar-refractivity contribution in [2.45, 2.75) is 87.0 Å². The molecule has 1 heterocycles. The monoisotopic (exact) mass is 727 g/mol. The van der Waals surface area contributed by atoms with Crippen molar-refractivity contribution in [3.05, 3.63) is 23.6 Å². The molecule has 47 heavy (non-hydrogen) atoms. The van der Waals surface area contributed by atoms with Gasteiger partial charge in [-0.15, -0.1) is 0 Å². The van der Waals surface area contributed by atoms with E-state index >= 15 is 0 Å². The minimum Gasteiger partial charge on any atom is -0.477 e. The molecule has 0 spiro atoms. The Balaban J connectivity index is 3.59. The number of ether oxygens (including phenoxy) is 1. The minimum atomic E-state index is -7.46. The first kappa shape index (κ1) is 41.8. The highest BCUT2D eigenvalue weighted by Crippen LogP contribution is 2.55. The van der Waals surface area contributed by atoms with Crippen molar-refractivity contribution in [1.82, 2.24) is 9.80 Å². The summed E-state index contributed by atoms with van der Waals surface area (Å²) < 4.78 is 244. The summed E-state index contributed by atoms with van der Waals surface area (Å²) in [5, 5.41) is 9.32. The van der Waals surface area contributed by atoms with Crippen LogP contribution in [0.2, 0.25) is 0 Å². The third kappa shape index (κ3) is 7.76. The molecule has 1 aliphatic heterocycles. The number of carbonyl (C=O) groups is 1. The van der Waals surface area contributed by atoms with Gasteiger partial charge in [-0.05, 0) is 32.9 Å². The van der Waals surface area contributed by atoms with E-state index in [0.717, 1.165) is 12.1 Å². The van der Waals surface area contributed by atoms with Crippen molar-refractivity contribution in [2.24, 2.45) is 0 Å². The summed E-state index contributed by atoms with van der Waals surface area (Å²) in [5.41, 5.74) is -2.09. The van der Waals surface area contributed by atoms with Crippen LogP contribution in [0.15, 0.2) is 23.6 Å². The first-order valence-electron chi connectivity index (χ1n) is 12.6. The topological polar surface area (TPSA) is 56.6 Å². The predicted molar refractivity (Wildman–Crippen MR) is 122 cm³/mol. The highest BCUT2D eigenvalue weighted by atomic mass is 19.4. The maximum atomic E-state index is 14.1. The molecule has 0 saturated carbocycles. The van der Waals surface area contributed by atoms with Crippen LogP contribution in [0.5, 0.6) is 0 Å². The van der Waals surface area contributed by atoms with Gasteiger partial charge in [-0.2, -0.15) is 84.3 Å². The Morgan fingerprint density at radius 3 is 1.49 bits per heavy atom. The molecule has 0 aromatic rings. The Labute approximate surface area is 253 Å². The molecule has 0 unspecified atom stereocenters. The third-order valence-corrected chi connectivity index (χ3v) is 6.73. The van der Waals surface area contributed by atoms with Crippen molar-refractivity contribution in [2.75, 3.05) is 26.2 Å². The second kappa shape index (κ2) is 13.0. The minimum absolute atomic E-state index is 0.0137. The van der Waals surface area contributed by atoms with Crippen molar-refractivity contribution in [1.29, 1.82) is 5.26 Å². The van der Waals surface area contributed by atoms with Crippen molar-refractivity contribution < 1.29 is 88.6 Å². The molecule has 1 amide bonds. The Bertz CT molecular complexity index is 1190. The highest BCUT2D eigenvalue weighted by molar-refractivity contribution is 5.97. The average Bonchev–Trinajstić information content (AvgIpc) is 3.19. The van der Waals surface area contributed by atoms with Gasteiger partial charge < -0.3 is 14.5 Å². The van der Waals surface area contributed by atoms with Crippen LogP contribution in [0.4, 0.5) is 79.0 Å². The third-order valence-electron chi connectivity index (χ3n) is 6.73. The van der Waals surface area contributed by atoms with E-state index in [1.807, 2.05) is 0 Å². The van der Waals surface area contributed by atoms with Crippen LogP contribution in [0, 0.1) is 11.3 Å². The number of hydrogen-bond acceptors (Lipinski definition) is 4. The lowest BCUT2D eigenvalue weighted by atomic mass is 9.99. The van der Waals surface area contributed by atoms with Crippen molar-refractivity contribution in [3.63, 3.8) is 0 Å². The zero-order chi connectivity index (χ0) is 37.5. The summed E-state index contributed by atoms with van der Waals surface area (Å²) in [6.07, 6.45) is -19.3. The molecule has 0 radical (unpaired) electrons. The van der Waals surface area contributed by atoms with Crippen LogP contribution >= 0.6 is 0 Å². The van der Waals surface area contributed by atoms with Crippen molar-refractivity contribution >= 4 is 5.91 Å². The molecule has 1 fully saturated rings. The number of allylic oxidation sites excluding steroid dienone is 2. The second-order valence-corrected chi connectivity index (χ2v) is 10.5. The SMILES string of the molecule is CCN1/C(=C/C=C(\C#N)C(=O)N(CCC(F)(F)C(F)(F)C(F)(F)C(F)(F)F)CCC(F)(F)C(F)(F)C(F)(F)C(F)(F)F)OCC1(C)C. The fraction of sp³-hybridized carbons (Fsp3) is 0.750. The Kier molecular flexibility index (Phi) is 11.6. The van der Waals surface area contributed by atoms with Gasteiger partial charge in [0.25, 0.3) is 5.91 Å². The number of rotatable bonds is 13. The molecule has 0 aromatic carbocycles. The molecule has 1 saturated heterocycles. The Morgan fingerprint density at radius 1 is 0.787 bits per heavy atom. The van der Waals surface area contributed by atoms with E-state index < -0.39 is 95.7 Å². The number of halogens is 18. The van der Waals surface area contributed by atoms with E-state index in [1.165, 1.54) is 4.90 Å². The Hall–Kier alpha value is -3.22. The van der Waals surface area contributed by atoms with Crippen LogP contribution in [0.3, 0.4) is 0 Å². The fourth-order valence-electron chi connectivity index (χ4n) is 3.90. The number of carbonyl (C=O) groups excluding carboxylic acids is 1. The summed E-state index contributed by atoms with van der Waals surface area (Å²) in [6.45, 7) is 0.389. The molecule has 1 rings (SSSR count). The molecule has 272 valence electrons. The van der Waals surface area contributed by atoms with E-state index in [4.69, 9.17) is 4.74 Å². The van der Waals surface area contributed by atoms with E-state index in [2.05, 4.69) is 0 Å². The first-order chi connectivity index (χ1) is 20.7. The molecule has 1 aliphatic rings. The average molecular weight is 727 g/mol. The second-order valence-electron chi connectivity index (χ2n) is 10.5. The number of nitriles is 1. The number of nitrogens with zero attached hydrogens (tertiary/aromatic N) is 3. The summed E-state index contributed by atoms with van der Waals surface area (Å²) in [7, 11) is 0. The van der Waals surface area contributed by atoms with Crippen LogP contribution < -0.4 is 0 Å². The van der Waals surface area contributed by atoms with Gasteiger partial charge in [0.15, 0.2) is 5.88 Å². The van der Waals surface area contributed by atoms with Gasteiger partial charge in [0, 0.05) is 32.5 Å². The Morgan fingerprint density at radius 2 is 1.17 bits per heavy atom. The molecule has 5 nitrogen and oxygen atoms in total. The fourth-order valence-corrected chi connectivity index (χ4v) is 3.90. The van der Waals surface area contributed by atoms with Crippen molar-refractivity contribution in [3.8, 4) is 6.07 Å². The molecule has 0 aliphatic carbocycles.